The van der Waals surface area contributed by atoms with E-state index in [0.29, 0.717) is 29.4 Å². The summed E-state index contributed by atoms with van der Waals surface area (Å²) >= 11 is 0. The molecule has 2 rings (SSSR count). The Morgan fingerprint density at radius 1 is 0.957 bits per heavy atom. The Kier molecular flexibility index (Phi) is 5.86. The molecule has 1 N–H and O–H groups in total. The van der Waals surface area contributed by atoms with Gasteiger partial charge in [0.05, 0.1) is 19.9 Å². The van der Waals surface area contributed by atoms with Crippen LogP contribution in [0.25, 0.3) is 0 Å². The maximum atomic E-state index is 12.5. The highest BCUT2D eigenvalue weighted by Gasteiger charge is 2.21. The van der Waals surface area contributed by atoms with Crippen LogP contribution in [0, 0.1) is 0 Å². The summed E-state index contributed by atoms with van der Waals surface area (Å²) in [6, 6.07) is 14.5. The van der Waals surface area contributed by atoms with Crippen LogP contribution in [-0.2, 0) is 4.79 Å². The van der Waals surface area contributed by atoms with Gasteiger partial charge in [-0.1, -0.05) is 31.2 Å². The molecule has 0 fully saturated rings. The summed E-state index contributed by atoms with van der Waals surface area (Å²) in [7, 11) is 3.13. The van der Waals surface area contributed by atoms with E-state index in [1.54, 1.807) is 38.5 Å². The van der Waals surface area contributed by atoms with Crippen LogP contribution in [0.5, 0.6) is 17.2 Å². The molecule has 0 heterocycles. The SMILES string of the molecule is CCC(Oc1ccccc1OC)C(=O)Nc1ccccc1OC. The number of ether oxygens (including phenoxy) is 3. The van der Waals surface area contributed by atoms with Gasteiger partial charge in [0.2, 0.25) is 0 Å². The van der Waals surface area contributed by atoms with E-state index >= 15 is 0 Å². The number of para-hydroxylation sites is 4. The average molecular weight is 315 g/mol. The van der Waals surface area contributed by atoms with E-state index in [-0.39, 0.29) is 5.91 Å². The zero-order valence-corrected chi connectivity index (χ0v) is 13.5. The summed E-state index contributed by atoms with van der Waals surface area (Å²) in [5, 5.41) is 2.84. The number of carbonyl (C=O) groups is 1. The number of rotatable bonds is 7. The Balaban J connectivity index is 2.12. The molecule has 0 aliphatic heterocycles. The Morgan fingerprint density at radius 2 is 1.52 bits per heavy atom. The molecule has 5 nitrogen and oxygen atoms in total. The fourth-order valence-electron chi connectivity index (χ4n) is 2.15. The number of hydrogen-bond acceptors (Lipinski definition) is 4. The average Bonchev–Trinajstić information content (AvgIpc) is 2.60. The van der Waals surface area contributed by atoms with Crippen LogP contribution in [0.1, 0.15) is 13.3 Å². The van der Waals surface area contributed by atoms with Gasteiger partial charge in [0.1, 0.15) is 5.75 Å². The lowest BCUT2D eigenvalue weighted by Gasteiger charge is -2.19. The van der Waals surface area contributed by atoms with Gasteiger partial charge in [0.25, 0.3) is 5.91 Å². The molecule has 0 spiro atoms. The van der Waals surface area contributed by atoms with Crippen molar-refractivity contribution in [3.8, 4) is 17.2 Å². The molecule has 0 bridgehead atoms. The maximum absolute atomic E-state index is 12.5. The highest BCUT2D eigenvalue weighted by atomic mass is 16.5. The van der Waals surface area contributed by atoms with Gasteiger partial charge in [-0.2, -0.15) is 0 Å². The summed E-state index contributed by atoms with van der Waals surface area (Å²) in [4.78, 5) is 12.5. The Labute approximate surface area is 136 Å². The second-order valence-corrected chi connectivity index (χ2v) is 4.86. The lowest BCUT2D eigenvalue weighted by Crippen LogP contribution is -2.32. The van der Waals surface area contributed by atoms with Crippen molar-refractivity contribution in [3.05, 3.63) is 48.5 Å². The summed E-state index contributed by atoms with van der Waals surface area (Å²) in [5.74, 6) is 1.50. The van der Waals surface area contributed by atoms with Crippen molar-refractivity contribution in [2.45, 2.75) is 19.4 Å². The van der Waals surface area contributed by atoms with E-state index in [1.807, 2.05) is 31.2 Å². The van der Waals surface area contributed by atoms with Crippen molar-refractivity contribution < 1.29 is 19.0 Å². The second-order valence-electron chi connectivity index (χ2n) is 4.86. The van der Waals surface area contributed by atoms with E-state index in [9.17, 15) is 4.79 Å². The third-order valence-electron chi connectivity index (χ3n) is 3.37. The van der Waals surface area contributed by atoms with Gasteiger partial charge in [0.15, 0.2) is 17.6 Å². The van der Waals surface area contributed by atoms with Crippen molar-refractivity contribution in [1.29, 1.82) is 0 Å². The van der Waals surface area contributed by atoms with Crippen molar-refractivity contribution in [2.24, 2.45) is 0 Å². The number of anilines is 1. The molecule has 1 atom stereocenters. The lowest BCUT2D eigenvalue weighted by molar-refractivity contribution is -0.122. The Bertz CT molecular complexity index is 657. The van der Waals surface area contributed by atoms with Gasteiger partial charge >= 0.3 is 0 Å². The van der Waals surface area contributed by atoms with Gasteiger partial charge in [0, 0.05) is 0 Å². The minimum Gasteiger partial charge on any atom is -0.495 e. The van der Waals surface area contributed by atoms with Crippen LogP contribution >= 0.6 is 0 Å². The third-order valence-corrected chi connectivity index (χ3v) is 3.37. The molecule has 1 amide bonds. The molecule has 0 aliphatic carbocycles. The first kappa shape index (κ1) is 16.7. The second kappa shape index (κ2) is 8.08. The van der Waals surface area contributed by atoms with E-state index in [4.69, 9.17) is 14.2 Å². The Morgan fingerprint density at radius 3 is 2.13 bits per heavy atom. The minimum absolute atomic E-state index is 0.233. The van der Waals surface area contributed by atoms with Crippen molar-refractivity contribution in [1.82, 2.24) is 0 Å². The first-order valence-corrected chi connectivity index (χ1v) is 7.43. The predicted molar refractivity (Wildman–Crippen MR) is 89.3 cm³/mol. The molecule has 2 aromatic carbocycles. The molecule has 0 radical (unpaired) electrons. The third kappa shape index (κ3) is 4.16. The normalized spacial score (nSPS) is 11.4. The van der Waals surface area contributed by atoms with Crippen LogP contribution in [-0.4, -0.2) is 26.2 Å². The molecule has 122 valence electrons. The van der Waals surface area contributed by atoms with Crippen molar-refractivity contribution in [2.75, 3.05) is 19.5 Å². The molecule has 23 heavy (non-hydrogen) atoms. The molecule has 0 aliphatic rings. The van der Waals surface area contributed by atoms with Gasteiger partial charge in [-0.05, 0) is 30.7 Å². The van der Waals surface area contributed by atoms with Gasteiger partial charge in [-0.15, -0.1) is 0 Å². The standard InChI is InChI=1S/C18H21NO4/c1-4-14(23-17-12-8-7-11-16(17)22-3)18(20)19-13-9-5-6-10-15(13)21-2/h5-12,14H,4H2,1-3H3,(H,19,20). The first-order chi connectivity index (χ1) is 11.2. The monoisotopic (exact) mass is 315 g/mol. The van der Waals surface area contributed by atoms with Gasteiger partial charge < -0.3 is 19.5 Å². The van der Waals surface area contributed by atoms with Crippen molar-refractivity contribution >= 4 is 11.6 Å². The highest BCUT2D eigenvalue weighted by molar-refractivity contribution is 5.95. The van der Waals surface area contributed by atoms with Gasteiger partial charge in [-0.3, -0.25) is 4.79 Å². The van der Waals surface area contributed by atoms with Crippen molar-refractivity contribution in [3.63, 3.8) is 0 Å². The molecule has 0 aromatic heterocycles. The smallest absolute Gasteiger partial charge is 0.265 e. The van der Waals surface area contributed by atoms with Crippen LogP contribution in [0.15, 0.2) is 48.5 Å². The number of nitrogens with one attached hydrogen (secondary N) is 1. The number of hydrogen-bond donors (Lipinski definition) is 1. The van der Waals surface area contributed by atoms with Crippen LogP contribution < -0.4 is 19.5 Å². The van der Waals surface area contributed by atoms with Crippen LogP contribution in [0.2, 0.25) is 0 Å². The van der Waals surface area contributed by atoms with E-state index in [2.05, 4.69) is 5.32 Å². The molecular formula is C18H21NO4. The predicted octanol–water partition coefficient (Wildman–Crippen LogP) is 3.50. The maximum Gasteiger partial charge on any atom is 0.265 e. The number of carbonyl (C=O) groups excluding carboxylic acids is 1. The fraction of sp³-hybridized carbons (Fsp3) is 0.278. The summed E-state index contributed by atoms with van der Waals surface area (Å²) < 4.78 is 16.3. The Hall–Kier alpha value is -2.69. The summed E-state index contributed by atoms with van der Waals surface area (Å²) in [6.45, 7) is 1.89. The zero-order chi connectivity index (χ0) is 16.7. The minimum atomic E-state index is -0.629. The fourth-order valence-corrected chi connectivity index (χ4v) is 2.15. The quantitative estimate of drug-likeness (QED) is 0.849. The summed E-state index contributed by atoms with van der Waals surface area (Å²) in [5.41, 5.74) is 0.613. The topological polar surface area (TPSA) is 56.8 Å². The van der Waals surface area contributed by atoms with Crippen LogP contribution in [0.3, 0.4) is 0 Å². The number of methoxy groups -OCH3 is 2. The zero-order valence-electron chi connectivity index (χ0n) is 13.5. The first-order valence-electron chi connectivity index (χ1n) is 7.43. The molecular weight excluding hydrogens is 294 g/mol. The number of amides is 1. The number of benzene rings is 2. The molecule has 2 aromatic rings. The van der Waals surface area contributed by atoms with Crippen LogP contribution in [0.4, 0.5) is 5.69 Å². The molecule has 0 saturated heterocycles. The molecule has 5 heteroatoms. The van der Waals surface area contributed by atoms with E-state index in [0.717, 1.165) is 0 Å². The lowest BCUT2D eigenvalue weighted by atomic mass is 10.2. The molecule has 1 unspecified atom stereocenters. The largest absolute Gasteiger partial charge is 0.495 e. The van der Waals surface area contributed by atoms with E-state index in [1.165, 1.54) is 0 Å². The molecule has 0 saturated carbocycles. The van der Waals surface area contributed by atoms with Gasteiger partial charge in [-0.25, -0.2) is 0 Å². The summed E-state index contributed by atoms with van der Waals surface area (Å²) in [6.07, 6.45) is -0.102. The highest BCUT2D eigenvalue weighted by Crippen LogP contribution is 2.28. The van der Waals surface area contributed by atoms with E-state index < -0.39 is 6.10 Å².